The van der Waals surface area contributed by atoms with E-state index >= 15 is 0 Å². The number of halogens is 3. The zero-order valence-electron chi connectivity index (χ0n) is 15.0. The van der Waals surface area contributed by atoms with Gasteiger partial charge in [0.15, 0.2) is 5.82 Å². The molecule has 1 aromatic heterocycles. The summed E-state index contributed by atoms with van der Waals surface area (Å²) in [5.41, 5.74) is 0.587. The molecule has 1 fully saturated rings. The molecule has 0 aliphatic carbocycles. The smallest absolute Gasteiger partial charge is 0.351 e. The summed E-state index contributed by atoms with van der Waals surface area (Å²) in [5, 5.41) is 10.7. The molecule has 0 radical (unpaired) electrons. The highest BCUT2D eigenvalue weighted by Gasteiger charge is 2.31. The van der Waals surface area contributed by atoms with Gasteiger partial charge in [0, 0.05) is 31.4 Å². The van der Waals surface area contributed by atoms with Gasteiger partial charge >= 0.3 is 12.2 Å². The van der Waals surface area contributed by atoms with Gasteiger partial charge in [-0.3, -0.25) is 0 Å². The third kappa shape index (κ3) is 4.47. The standard InChI is InChI=1S/C18H20F3N5O/c1-12-9-16(24-22-10-12)25-7-8-26(13(2)11-25)17(27)23-15-5-3-14(4-6-15)18(19,20)21/h3-6,9-10,13H,7-8,11H2,1-2H3,(H,23,27). The fourth-order valence-corrected chi connectivity index (χ4v) is 3.01. The van der Waals surface area contributed by atoms with Crippen LogP contribution in [0.2, 0.25) is 0 Å². The minimum atomic E-state index is -4.40. The zero-order valence-corrected chi connectivity index (χ0v) is 15.0. The van der Waals surface area contributed by atoms with Gasteiger partial charge in [-0.25, -0.2) is 4.79 Å². The van der Waals surface area contributed by atoms with Crippen molar-refractivity contribution in [1.29, 1.82) is 0 Å². The molecule has 0 spiro atoms. The van der Waals surface area contributed by atoms with E-state index < -0.39 is 11.7 Å². The highest BCUT2D eigenvalue weighted by Crippen LogP contribution is 2.30. The van der Waals surface area contributed by atoms with E-state index in [-0.39, 0.29) is 12.1 Å². The summed E-state index contributed by atoms with van der Waals surface area (Å²) in [6, 6.07) is 5.93. The Hall–Kier alpha value is -2.84. The molecule has 2 heterocycles. The van der Waals surface area contributed by atoms with E-state index in [4.69, 9.17) is 0 Å². The van der Waals surface area contributed by atoms with Gasteiger partial charge in [0.25, 0.3) is 0 Å². The minimum absolute atomic E-state index is 0.0875. The normalized spacial score (nSPS) is 17.7. The maximum Gasteiger partial charge on any atom is 0.416 e. The molecule has 1 aliphatic rings. The van der Waals surface area contributed by atoms with E-state index in [1.807, 2.05) is 19.9 Å². The molecule has 1 aliphatic heterocycles. The first-order valence-electron chi connectivity index (χ1n) is 8.53. The van der Waals surface area contributed by atoms with Crippen molar-refractivity contribution in [2.24, 2.45) is 0 Å². The molecule has 1 aromatic carbocycles. The second-order valence-electron chi connectivity index (χ2n) is 6.58. The fraction of sp³-hybridized carbons (Fsp3) is 0.389. The number of hydrogen-bond donors (Lipinski definition) is 1. The summed E-state index contributed by atoms with van der Waals surface area (Å²) in [7, 11) is 0. The van der Waals surface area contributed by atoms with Crippen LogP contribution in [0.4, 0.5) is 29.5 Å². The first-order chi connectivity index (χ1) is 12.7. The number of urea groups is 1. The van der Waals surface area contributed by atoms with Gasteiger partial charge in [-0.05, 0) is 49.7 Å². The first-order valence-corrected chi connectivity index (χ1v) is 8.53. The molecule has 6 nitrogen and oxygen atoms in total. The Morgan fingerprint density at radius 2 is 1.93 bits per heavy atom. The zero-order chi connectivity index (χ0) is 19.6. The van der Waals surface area contributed by atoms with E-state index in [9.17, 15) is 18.0 Å². The molecular weight excluding hydrogens is 359 g/mol. The number of nitrogens with zero attached hydrogens (tertiary/aromatic N) is 4. The Balaban J connectivity index is 1.61. The summed E-state index contributed by atoms with van der Waals surface area (Å²) in [6.45, 7) is 5.53. The lowest BCUT2D eigenvalue weighted by atomic mass is 10.2. The lowest BCUT2D eigenvalue weighted by molar-refractivity contribution is -0.137. The predicted molar refractivity (Wildman–Crippen MR) is 95.6 cm³/mol. The number of aryl methyl sites for hydroxylation is 1. The van der Waals surface area contributed by atoms with Crippen LogP contribution in [0.3, 0.4) is 0 Å². The molecule has 9 heteroatoms. The van der Waals surface area contributed by atoms with Crippen molar-refractivity contribution in [1.82, 2.24) is 15.1 Å². The number of rotatable bonds is 2. The maximum atomic E-state index is 12.6. The molecule has 3 rings (SSSR count). The monoisotopic (exact) mass is 379 g/mol. The Kier molecular flexibility index (Phi) is 5.20. The van der Waals surface area contributed by atoms with Gasteiger partial charge in [-0.15, -0.1) is 5.10 Å². The quantitative estimate of drug-likeness (QED) is 0.867. The van der Waals surface area contributed by atoms with Crippen molar-refractivity contribution < 1.29 is 18.0 Å². The minimum Gasteiger partial charge on any atom is -0.351 e. The number of carbonyl (C=O) groups is 1. The number of alkyl halides is 3. The molecule has 0 bridgehead atoms. The van der Waals surface area contributed by atoms with Gasteiger partial charge in [0.05, 0.1) is 11.8 Å². The molecule has 2 amide bonds. The largest absolute Gasteiger partial charge is 0.416 e. The van der Waals surface area contributed by atoms with Crippen LogP contribution >= 0.6 is 0 Å². The van der Waals surface area contributed by atoms with E-state index in [0.717, 1.165) is 23.5 Å². The molecule has 1 saturated heterocycles. The van der Waals surface area contributed by atoms with E-state index in [2.05, 4.69) is 20.4 Å². The summed E-state index contributed by atoms with van der Waals surface area (Å²) in [6.07, 6.45) is -2.72. The number of amides is 2. The summed E-state index contributed by atoms with van der Waals surface area (Å²) in [5.74, 6) is 0.768. The van der Waals surface area contributed by atoms with Crippen molar-refractivity contribution >= 4 is 17.5 Å². The van der Waals surface area contributed by atoms with Crippen molar-refractivity contribution in [3.05, 3.63) is 47.7 Å². The molecule has 1 N–H and O–H groups in total. The van der Waals surface area contributed by atoms with E-state index in [0.29, 0.717) is 25.3 Å². The second kappa shape index (κ2) is 7.42. The maximum absolute atomic E-state index is 12.6. The molecule has 2 aromatic rings. The Bertz CT molecular complexity index is 809. The van der Waals surface area contributed by atoms with Crippen LogP contribution in [0.1, 0.15) is 18.1 Å². The fourth-order valence-electron chi connectivity index (χ4n) is 3.01. The average Bonchev–Trinajstić information content (AvgIpc) is 2.61. The van der Waals surface area contributed by atoms with Crippen LogP contribution in [0.15, 0.2) is 36.5 Å². The van der Waals surface area contributed by atoms with Crippen LogP contribution in [-0.2, 0) is 6.18 Å². The third-order valence-electron chi connectivity index (χ3n) is 4.45. The summed E-state index contributed by atoms with van der Waals surface area (Å²) >= 11 is 0. The van der Waals surface area contributed by atoms with Crippen molar-refractivity contribution in [2.75, 3.05) is 29.9 Å². The van der Waals surface area contributed by atoms with Crippen LogP contribution in [0.25, 0.3) is 0 Å². The molecule has 1 unspecified atom stereocenters. The van der Waals surface area contributed by atoms with Crippen molar-refractivity contribution in [2.45, 2.75) is 26.1 Å². The SMILES string of the molecule is Cc1cnnc(N2CCN(C(=O)Nc3ccc(C(F)(F)F)cc3)C(C)C2)c1. The number of benzene rings is 1. The number of piperazine rings is 1. The Labute approximate surface area is 155 Å². The van der Waals surface area contributed by atoms with Crippen molar-refractivity contribution in [3.63, 3.8) is 0 Å². The summed E-state index contributed by atoms with van der Waals surface area (Å²) in [4.78, 5) is 16.2. The lowest BCUT2D eigenvalue weighted by Crippen LogP contribution is -2.55. The van der Waals surface area contributed by atoms with Crippen molar-refractivity contribution in [3.8, 4) is 0 Å². The number of aromatic nitrogens is 2. The van der Waals surface area contributed by atoms with Crippen LogP contribution in [-0.4, -0.2) is 46.8 Å². The molecule has 27 heavy (non-hydrogen) atoms. The highest BCUT2D eigenvalue weighted by molar-refractivity contribution is 5.89. The van der Waals surface area contributed by atoms with E-state index in [1.54, 1.807) is 11.1 Å². The van der Waals surface area contributed by atoms with E-state index in [1.165, 1.54) is 12.1 Å². The Morgan fingerprint density at radius 1 is 1.22 bits per heavy atom. The third-order valence-corrected chi connectivity index (χ3v) is 4.45. The molecule has 0 saturated carbocycles. The first kappa shape index (κ1) is 18.9. The van der Waals surface area contributed by atoms with Gasteiger partial charge in [-0.2, -0.15) is 18.3 Å². The highest BCUT2D eigenvalue weighted by atomic mass is 19.4. The number of carbonyl (C=O) groups excluding carboxylic acids is 1. The van der Waals surface area contributed by atoms with Crippen LogP contribution in [0.5, 0.6) is 0 Å². The lowest BCUT2D eigenvalue weighted by Gasteiger charge is -2.40. The average molecular weight is 379 g/mol. The van der Waals surface area contributed by atoms with Crippen LogP contribution in [0, 0.1) is 6.92 Å². The number of hydrogen-bond acceptors (Lipinski definition) is 4. The molecule has 1 atom stereocenters. The van der Waals surface area contributed by atoms with Gasteiger partial charge in [0.1, 0.15) is 0 Å². The molecule has 144 valence electrons. The number of nitrogens with one attached hydrogen (secondary N) is 1. The van der Waals surface area contributed by atoms with Gasteiger partial charge in [0.2, 0.25) is 0 Å². The molecular formula is C18H20F3N5O. The Morgan fingerprint density at radius 3 is 2.52 bits per heavy atom. The van der Waals surface area contributed by atoms with Gasteiger partial charge < -0.3 is 15.1 Å². The van der Waals surface area contributed by atoms with Crippen LogP contribution < -0.4 is 10.2 Å². The second-order valence-corrected chi connectivity index (χ2v) is 6.58. The topological polar surface area (TPSA) is 61.4 Å². The predicted octanol–water partition coefficient (Wildman–Crippen LogP) is 3.55. The number of anilines is 2. The summed E-state index contributed by atoms with van der Waals surface area (Å²) < 4.78 is 37.8. The van der Waals surface area contributed by atoms with Gasteiger partial charge in [-0.1, -0.05) is 0 Å².